The monoisotopic (exact) mass is 606 g/mol. The summed E-state index contributed by atoms with van der Waals surface area (Å²) in [5.74, 6) is 2.71. The first-order chi connectivity index (χ1) is 18.9. The normalized spacial score (nSPS) is 38.7. The van der Waals surface area contributed by atoms with Crippen molar-refractivity contribution in [2.45, 2.75) is 144 Å². The number of carbonyl (C=O) groups excluding carboxylic acids is 2. The molecule has 0 bridgehead atoms. The second-order valence-electron chi connectivity index (χ2n) is 16.5. The van der Waals surface area contributed by atoms with Crippen molar-refractivity contribution in [3.05, 3.63) is 11.6 Å². The van der Waals surface area contributed by atoms with Crippen molar-refractivity contribution in [3.63, 3.8) is 0 Å². The van der Waals surface area contributed by atoms with Gasteiger partial charge in [-0.25, -0.2) is 0 Å². The minimum atomic E-state index is -1.80. The molecule has 3 saturated carbocycles. The number of rotatable bonds is 9. The lowest BCUT2D eigenvalue weighted by atomic mass is 9.47. The van der Waals surface area contributed by atoms with Crippen LogP contribution in [0, 0.1) is 46.3 Å². The molecule has 0 aromatic carbocycles. The molecule has 41 heavy (non-hydrogen) atoms. The SMILES string of the molecule is CC(=O)O[C@H]1C[C@H]2[C@@H]3CC=C4C[C@@H](O[Si](C)(C)C(C)(C)C)CC[C@]4(C)[C@H]3CC[C@]2(C)[C@H]1[C@H](C)C(=O)CCC(C)CCl. The molecule has 4 nitrogen and oxygen atoms in total. The van der Waals surface area contributed by atoms with Crippen LogP contribution in [0.15, 0.2) is 11.6 Å². The maximum atomic E-state index is 13.5. The quantitative estimate of drug-likeness (QED) is 0.113. The largest absolute Gasteiger partial charge is 0.462 e. The molecule has 0 amide bonds. The fourth-order valence-electron chi connectivity index (χ4n) is 9.47. The first kappa shape index (κ1) is 33.2. The van der Waals surface area contributed by atoms with Crippen LogP contribution in [0.5, 0.6) is 0 Å². The van der Waals surface area contributed by atoms with Crippen molar-refractivity contribution < 1.29 is 18.8 Å². The third-order valence-electron chi connectivity index (χ3n) is 12.9. The molecule has 4 rings (SSSR count). The molecule has 0 heterocycles. The molecule has 0 aliphatic heterocycles. The Labute approximate surface area is 257 Å². The van der Waals surface area contributed by atoms with Crippen molar-refractivity contribution in [2.24, 2.45) is 46.3 Å². The number of ether oxygens (including phenoxy) is 1. The van der Waals surface area contributed by atoms with Gasteiger partial charge in [0, 0.05) is 37.2 Å². The topological polar surface area (TPSA) is 52.6 Å². The van der Waals surface area contributed by atoms with Crippen LogP contribution in [0.3, 0.4) is 0 Å². The Morgan fingerprint density at radius 2 is 1.80 bits per heavy atom. The zero-order valence-corrected chi connectivity index (χ0v) is 29.5. The molecule has 0 radical (unpaired) electrons. The molecular weight excluding hydrogens is 548 g/mol. The summed E-state index contributed by atoms with van der Waals surface area (Å²) in [5, 5.41) is 0.228. The zero-order chi connectivity index (χ0) is 30.5. The van der Waals surface area contributed by atoms with E-state index in [1.807, 2.05) is 0 Å². The molecule has 0 aromatic rings. The fourth-order valence-corrected chi connectivity index (χ4v) is 11.0. The molecular formula is C35H59ClO4Si. The van der Waals surface area contributed by atoms with Crippen LogP contribution in [-0.4, -0.2) is 38.2 Å². The second kappa shape index (κ2) is 12.0. The van der Waals surface area contributed by atoms with E-state index in [9.17, 15) is 9.59 Å². The molecule has 0 N–H and O–H groups in total. The van der Waals surface area contributed by atoms with Gasteiger partial charge in [0.2, 0.25) is 0 Å². The minimum Gasteiger partial charge on any atom is -0.462 e. The predicted molar refractivity (Wildman–Crippen MR) is 171 cm³/mol. The van der Waals surface area contributed by atoms with Crippen molar-refractivity contribution in [3.8, 4) is 0 Å². The van der Waals surface area contributed by atoms with Crippen LogP contribution in [0.2, 0.25) is 18.1 Å². The summed E-state index contributed by atoms with van der Waals surface area (Å²) in [4.78, 5) is 25.8. The van der Waals surface area contributed by atoms with Crippen molar-refractivity contribution in [1.29, 1.82) is 0 Å². The molecule has 234 valence electrons. The summed E-state index contributed by atoms with van der Waals surface area (Å²) in [6.07, 6.45) is 11.9. The van der Waals surface area contributed by atoms with Crippen LogP contribution >= 0.6 is 11.6 Å². The highest BCUT2D eigenvalue weighted by Gasteiger charge is 2.63. The van der Waals surface area contributed by atoms with Gasteiger partial charge in [0.25, 0.3) is 0 Å². The number of ketones is 1. The first-order valence-electron chi connectivity index (χ1n) is 16.6. The van der Waals surface area contributed by atoms with E-state index in [4.69, 9.17) is 20.8 Å². The lowest BCUT2D eigenvalue weighted by Gasteiger charge is -2.58. The van der Waals surface area contributed by atoms with Crippen LogP contribution in [0.25, 0.3) is 0 Å². The molecule has 6 heteroatoms. The highest BCUT2D eigenvalue weighted by atomic mass is 35.5. The van der Waals surface area contributed by atoms with Gasteiger partial charge in [0.05, 0.1) is 0 Å². The Morgan fingerprint density at radius 3 is 2.41 bits per heavy atom. The van der Waals surface area contributed by atoms with E-state index in [2.05, 4.69) is 67.6 Å². The van der Waals surface area contributed by atoms with Gasteiger partial charge in [-0.2, -0.15) is 0 Å². The minimum absolute atomic E-state index is 0.0127. The predicted octanol–water partition coefficient (Wildman–Crippen LogP) is 9.36. The lowest BCUT2D eigenvalue weighted by molar-refractivity contribution is -0.152. The van der Waals surface area contributed by atoms with Gasteiger partial charge in [-0.3, -0.25) is 9.59 Å². The number of esters is 1. The van der Waals surface area contributed by atoms with Gasteiger partial charge in [0.1, 0.15) is 11.9 Å². The molecule has 4 aliphatic rings. The first-order valence-corrected chi connectivity index (χ1v) is 20.0. The van der Waals surface area contributed by atoms with E-state index in [1.165, 1.54) is 19.8 Å². The van der Waals surface area contributed by atoms with E-state index >= 15 is 0 Å². The Balaban J connectivity index is 1.56. The summed E-state index contributed by atoms with van der Waals surface area (Å²) < 4.78 is 13.0. The van der Waals surface area contributed by atoms with Crippen molar-refractivity contribution >= 4 is 31.7 Å². The Kier molecular flexibility index (Phi) is 9.76. The number of halogens is 1. The van der Waals surface area contributed by atoms with Gasteiger partial charge in [-0.05, 0) is 104 Å². The number of hydrogen-bond donors (Lipinski definition) is 0. The Hall–Kier alpha value is -0.653. The maximum Gasteiger partial charge on any atom is 0.302 e. The molecule has 3 fully saturated rings. The van der Waals surface area contributed by atoms with Crippen molar-refractivity contribution in [2.75, 3.05) is 5.88 Å². The van der Waals surface area contributed by atoms with E-state index in [0.717, 1.165) is 38.5 Å². The van der Waals surface area contributed by atoms with Gasteiger partial charge < -0.3 is 9.16 Å². The molecule has 10 atom stereocenters. The zero-order valence-electron chi connectivity index (χ0n) is 27.8. The number of hydrogen-bond acceptors (Lipinski definition) is 4. The Bertz CT molecular complexity index is 1020. The van der Waals surface area contributed by atoms with E-state index in [-0.39, 0.29) is 39.8 Å². The number of allylic oxidation sites excluding steroid dienone is 1. The summed E-state index contributed by atoms with van der Waals surface area (Å²) in [6, 6.07) is 0. The molecule has 1 unspecified atom stereocenters. The van der Waals surface area contributed by atoms with Crippen LogP contribution in [-0.2, 0) is 18.8 Å². The second-order valence-corrected chi connectivity index (χ2v) is 21.6. The average Bonchev–Trinajstić information content (AvgIpc) is 3.16. The fraction of sp³-hybridized carbons (Fsp3) is 0.886. The number of fused-ring (bicyclic) bond motifs is 5. The number of Topliss-reactive ketones (excluding diaryl/α,β-unsaturated/α-hetero) is 1. The Morgan fingerprint density at radius 1 is 1.12 bits per heavy atom. The lowest BCUT2D eigenvalue weighted by Crippen LogP contribution is -2.52. The average molecular weight is 607 g/mol. The van der Waals surface area contributed by atoms with E-state index in [1.54, 1.807) is 5.57 Å². The van der Waals surface area contributed by atoms with Gasteiger partial charge in [-0.15, -0.1) is 11.6 Å². The standard InChI is InChI=1S/C35H59ClO4Si/c1-22(21-36)11-14-30(38)23(2)32-31(39-24(3)37)20-29-27-13-12-25-19-26(40-41(9,10)33(4,5)6)15-17-34(25,7)28(27)16-18-35(29,32)8/h12,22-23,26-29,31-32H,11,13-21H2,1-10H3/t22?,23-,26+,27-,28+,29+,31+,32+,34+,35+/m1/s1. The van der Waals surface area contributed by atoms with Gasteiger partial charge in [-0.1, -0.05) is 60.1 Å². The molecule has 0 spiro atoms. The smallest absolute Gasteiger partial charge is 0.302 e. The highest BCUT2D eigenvalue weighted by molar-refractivity contribution is 6.74. The summed E-state index contributed by atoms with van der Waals surface area (Å²) in [5.41, 5.74) is 1.88. The third kappa shape index (κ3) is 6.30. The summed E-state index contributed by atoms with van der Waals surface area (Å²) in [7, 11) is -1.80. The third-order valence-corrected chi connectivity index (χ3v) is 18.0. The number of alkyl halides is 1. The van der Waals surface area contributed by atoms with Crippen LogP contribution < -0.4 is 0 Å². The van der Waals surface area contributed by atoms with Gasteiger partial charge in [0.15, 0.2) is 8.32 Å². The van der Waals surface area contributed by atoms with Crippen molar-refractivity contribution in [1.82, 2.24) is 0 Å². The van der Waals surface area contributed by atoms with Crippen LogP contribution in [0.1, 0.15) is 113 Å². The number of carbonyl (C=O) groups is 2. The summed E-state index contributed by atoms with van der Waals surface area (Å²) >= 11 is 6.04. The molecule has 0 aromatic heterocycles. The van der Waals surface area contributed by atoms with E-state index < -0.39 is 8.32 Å². The van der Waals surface area contributed by atoms with E-state index in [0.29, 0.717) is 47.9 Å². The van der Waals surface area contributed by atoms with Gasteiger partial charge >= 0.3 is 5.97 Å². The maximum absolute atomic E-state index is 13.5. The summed E-state index contributed by atoms with van der Waals surface area (Å²) in [6.45, 7) is 22.5. The molecule has 4 aliphatic carbocycles. The van der Waals surface area contributed by atoms with Crippen LogP contribution in [0.4, 0.5) is 0 Å². The highest BCUT2D eigenvalue weighted by Crippen LogP contribution is 2.67. The molecule has 0 saturated heterocycles.